The minimum atomic E-state index is 0.248. The third-order valence-electron chi connectivity index (χ3n) is 3.01. The van der Waals surface area contributed by atoms with Gasteiger partial charge in [0.05, 0.1) is 15.9 Å². The number of carbonyl (C=O) groups is 1. The molecule has 0 saturated heterocycles. The number of ether oxygens (including phenoxy) is 1. The summed E-state index contributed by atoms with van der Waals surface area (Å²) in [5.41, 5.74) is 2.03. The molecule has 0 aliphatic carbocycles. The van der Waals surface area contributed by atoms with Gasteiger partial charge in [-0.05, 0) is 42.6 Å². The standard InChI is InChI=1S/C14H23BrN2O2/c1-4-12-14(15)13(17(5-2)16-12)10-11(18)8-7-9-19-6-3/h4-10H2,1-3H3. The fourth-order valence-corrected chi connectivity index (χ4v) is 2.68. The Balaban J connectivity index is 2.60. The van der Waals surface area contributed by atoms with Gasteiger partial charge in [-0.3, -0.25) is 9.48 Å². The van der Waals surface area contributed by atoms with Crippen LogP contribution in [0.25, 0.3) is 0 Å². The average molecular weight is 331 g/mol. The summed E-state index contributed by atoms with van der Waals surface area (Å²) in [5.74, 6) is 0.248. The average Bonchev–Trinajstić information content (AvgIpc) is 2.71. The monoisotopic (exact) mass is 330 g/mol. The second kappa shape index (κ2) is 8.48. The van der Waals surface area contributed by atoms with Crippen molar-refractivity contribution in [1.82, 2.24) is 9.78 Å². The van der Waals surface area contributed by atoms with Gasteiger partial charge in [-0.25, -0.2) is 0 Å². The van der Waals surface area contributed by atoms with Crippen molar-refractivity contribution in [3.05, 3.63) is 15.9 Å². The first-order valence-corrected chi connectivity index (χ1v) is 7.76. The van der Waals surface area contributed by atoms with Gasteiger partial charge in [0.15, 0.2) is 0 Å². The number of aromatic nitrogens is 2. The molecule has 0 radical (unpaired) electrons. The van der Waals surface area contributed by atoms with Crippen LogP contribution in [0.3, 0.4) is 0 Å². The number of hydrogen-bond acceptors (Lipinski definition) is 3. The highest BCUT2D eigenvalue weighted by Crippen LogP contribution is 2.23. The quantitative estimate of drug-likeness (QED) is 0.653. The third-order valence-corrected chi connectivity index (χ3v) is 3.92. The van der Waals surface area contributed by atoms with Gasteiger partial charge >= 0.3 is 0 Å². The Morgan fingerprint density at radius 2 is 2.11 bits per heavy atom. The highest BCUT2D eigenvalue weighted by molar-refractivity contribution is 9.10. The second-order valence-electron chi connectivity index (χ2n) is 4.39. The molecule has 0 fully saturated rings. The normalized spacial score (nSPS) is 10.9. The zero-order chi connectivity index (χ0) is 14.3. The summed E-state index contributed by atoms with van der Waals surface area (Å²) in [6.07, 6.45) is 2.70. The highest BCUT2D eigenvalue weighted by Gasteiger charge is 2.16. The van der Waals surface area contributed by atoms with Gasteiger partial charge in [0.1, 0.15) is 5.78 Å². The number of ketones is 1. The van der Waals surface area contributed by atoms with E-state index in [9.17, 15) is 4.79 Å². The first-order chi connectivity index (χ1) is 9.13. The lowest BCUT2D eigenvalue weighted by atomic mass is 10.1. The van der Waals surface area contributed by atoms with E-state index in [1.54, 1.807) is 0 Å². The Hall–Kier alpha value is -0.680. The van der Waals surface area contributed by atoms with Gasteiger partial charge < -0.3 is 4.74 Å². The number of carbonyl (C=O) groups excluding carboxylic acids is 1. The summed E-state index contributed by atoms with van der Waals surface area (Å²) in [7, 11) is 0. The molecule has 0 saturated carbocycles. The zero-order valence-corrected chi connectivity index (χ0v) is 13.6. The highest BCUT2D eigenvalue weighted by atomic mass is 79.9. The van der Waals surface area contributed by atoms with Gasteiger partial charge in [0.2, 0.25) is 0 Å². The minimum absolute atomic E-state index is 0.248. The van der Waals surface area contributed by atoms with Crippen LogP contribution in [0.1, 0.15) is 45.0 Å². The van der Waals surface area contributed by atoms with Gasteiger partial charge in [0, 0.05) is 32.6 Å². The van der Waals surface area contributed by atoms with Crippen molar-refractivity contribution >= 4 is 21.7 Å². The molecule has 0 aromatic carbocycles. The van der Waals surface area contributed by atoms with Crippen molar-refractivity contribution < 1.29 is 9.53 Å². The Bertz CT molecular complexity index is 416. The molecule has 1 rings (SSSR count). The molecule has 0 atom stereocenters. The lowest BCUT2D eigenvalue weighted by Gasteiger charge is -2.05. The zero-order valence-electron chi connectivity index (χ0n) is 12.0. The van der Waals surface area contributed by atoms with Crippen molar-refractivity contribution in [2.24, 2.45) is 0 Å². The second-order valence-corrected chi connectivity index (χ2v) is 5.19. The number of nitrogens with zero attached hydrogens (tertiary/aromatic N) is 2. The first-order valence-electron chi connectivity index (χ1n) is 6.97. The van der Waals surface area contributed by atoms with Gasteiger partial charge in [0.25, 0.3) is 0 Å². The van der Waals surface area contributed by atoms with Gasteiger partial charge in [-0.1, -0.05) is 6.92 Å². The number of halogens is 1. The summed E-state index contributed by atoms with van der Waals surface area (Å²) in [6.45, 7) is 8.24. The summed E-state index contributed by atoms with van der Waals surface area (Å²) >= 11 is 3.56. The number of rotatable bonds is 9. The fraction of sp³-hybridized carbons (Fsp3) is 0.714. The van der Waals surface area contributed by atoms with Crippen LogP contribution in [0.4, 0.5) is 0 Å². The predicted molar refractivity (Wildman–Crippen MR) is 79.4 cm³/mol. The van der Waals surface area contributed by atoms with Crippen LogP contribution in [0.15, 0.2) is 4.47 Å². The molecule has 0 bridgehead atoms. The van der Waals surface area contributed by atoms with Crippen LogP contribution in [0.2, 0.25) is 0 Å². The Morgan fingerprint density at radius 1 is 1.37 bits per heavy atom. The molecule has 19 heavy (non-hydrogen) atoms. The van der Waals surface area contributed by atoms with E-state index in [-0.39, 0.29) is 5.78 Å². The van der Waals surface area contributed by atoms with E-state index < -0.39 is 0 Å². The number of hydrogen-bond donors (Lipinski definition) is 0. The maximum atomic E-state index is 12.0. The Labute approximate surface area is 123 Å². The molecular weight excluding hydrogens is 308 g/mol. The SMILES string of the molecule is CCOCCCC(=O)Cc1c(Br)c(CC)nn1CC. The number of Topliss-reactive ketones (excluding diaryl/α,β-unsaturated/α-hetero) is 1. The van der Waals surface area contributed by atoms with Crippen molar-refractivity contribution in [1.29, 1.82) is 0 Å². The largest absolute Gasteiger partial charge is 0.382 e. The Kier molecular flexibility index (Phi) is 7.31. The molecule has 4 nitrogen and oxygen atoms in total. The van der Waals surface area contributed by atoms with E-state index in [0.717, 1.165) is 35.2 Å². The van der Waals surface area contributed by atoms with E-state index in [1.807, 2.05) is 18.5 Å². The smallest absolute Gasteiger partial charge is 0.138 e. The van der Waals surface area contributed by atoms with Crippen LogP contribution in [-0.4, -0.2) is 28.8 Å². The summed E-state index contributed by atoms with van der Waals surface area (Å²) in [6, 6.07) is 0. The van der Waals surface area contributed by atoms with Crippen molar-refractivity contribution in [2.75, 3.05) is 13.2 Å². The molecule has 0 aliphatic rings. The topological polar surface area (TPSA) is 44.1 Å². The summed E-state index contributed by atoms with van der Waals surface area (Å²) < 4.78 is 8.16. The molecule has 0 spiro atoms. The van der Waals surface area contributed by atoms with Crippen LogP contribution in [0.5, 0.6) is 0 Å². The molecule has 1 heterocycles. The van der Waals surface area contributed by atoms with E-state index in [0.29, 0.717) is 26.1 Å². The van der Waals surface area contributed by atoms with Crippen LogP contribution >= 0.6 is 15.9 Å². The molecular formula is C14H23BrN2O2. The minimum Gasteiger partial charge on any atom is -0.382 e. The lowest BCUT2D eigenvalue weighted by molar-refractivity contribution is -0.118. The van der Waals surface area contributed by atoms with Gasteiger partial charge in [-0.2, -0.15) is 5.10 Å². The first kappa shape index (κ1) is 16.4. The molecule has 0 aliphatic heterocycles. The fourth-order valence-electron chi connectivity index (χ4n) is 1.98. The van der Waals surface area contributed by atoms with E-state index in [4.69, 9.17) is 4.74 Å². The van der Waals surface area contributed by atoms with Gasteiger partial charge in [-0.15, -0.1) is 0 Å². The van der Waals surface area contributed by atoms with Crippen LogP contribution in [-0.2, 0) is 28.9 Å². The molecule has 1 aromatic rings. The predicted octanol–water partition coefficient (Wildman–Crippen LogP) is 3.16. The molecule has 1 aromatic heterocycles. The summed E-state index contributed by atoms with van der Waals surface area (Å²) in [4.78, 5) is 12.0. The molecule has 0 unspecified atom stereocenters. The van der Waals surface area contributed by atoms with Crippen molar-refractivity contribution in [2.45, 2.75) is 53.0 Å². The van der Waals surface area contributed by atoms with Crippen LogP contribution in [0, 0.1) is 0 Å². The summed E-state index contributed by atoms with van der Waals surface area (Å²) in [5, 5.41) is 4.50. The lowest BCUT2D eigenvalue weighted by Crippen LogP contribution is -2.10. The van der Waals surface area contributed by atoms with E-state index in [2.05, 4.69) is 28.0 Å². The molecule has 108 valence electrons. The van der Waals surface area contributed by atoms with E-state index >= 15 is 0 Å². The third kappa shape index (κ3) is 4.73. The molecule has 0 amide bonds. The van der Waals surface area contributed by atoms with E-state index in [1.165, 1.54) is 0 Å². The maximum absolute atomic E-state index is 12.0. The molecule has 5 heteroatoms. The molecule has 0 N–H and O–H groups in total. The number of aryl methyl sites for hydroxylation is 2. The van der Waals surface area contributed by atoms with Crippen molar-refractivity contribution in [3.63, 3.8) is 0 Å². The Morgan fingerprint density at radius 3 is 2.68 bits per heavy atom. The van der Waals surface area contributed by atoms with Crippen LogP contribution < -0.4 is 0 Å². The van der Waals surface area contributed by atoms with Crippen molar-refractivity contribution in [3.8, 4) is 0 Å². The maximum Gasteiger partial charge on any atom is 0.138 e.